The highest BCUT2D eigenvalue weighted by Gasteiger charge is 2.10. The molecule has 0 aliphatic heterocycles. The molecule has 0 aliphatic rings. The molecule has 0 saturated heterocycles. The van der Waals surface area contributed by atoms with Crippen molar-refractivity contribution in [2.24, 2.45) is 5.73 Å². The second-order valence-corrected chi connectivity index (χ2v) is 5.33. The number of hydrogen-bond acceptors (Lipinski definition) is 4. The van der Waals surface area contributed by atoms with Crippen LogP contribution in [0.5, 0.6) is 5.75 Å². The topological polar surface area (TPSA) is 84.6 Å². The molecule has 0 heterocycles. The molecule has 1 unspecified atom stereocenters. The zero-order chi connectivity index (χ0) is 16.7. The number of amides is 1. The van der Waals surface area contributed by atoms with E-state index in [-0.39, 0.29) is 31.6 Å². The summed E-state index contributed by atoms with van der Waals surface area (Å²) in [6, 6.07) is 15.4. The summed E-state index contributed by atoms with van der Waals surface area (Å²) < 4.78 is 5.63. The lowest BCUT2D eigenvalue weighted by Crippen LogP contribution is -2.15. The second kappa shape index (κ2) is 8.19. The molecule has 0 radical (unpaired) electrons. The van der Waals surface area contributed by atoms with E-state index in [0.717, 1.165) is 16.8 Å². The minimum atomic E-state index is -0.385. The molecule has 5 heteroatoms. The Hall–Kier alpha value is -2.53. The van der Waals surface area contributed by atoms with Crippen molar-refractivity contribution >= 4 is 11.6 Å². The number of hydrogen-bond donors (Lipinski definition) is 3. The largest absolute Gasteiger partial charge is 0.491 e. The number of aliphatic hydroxyl groups is 1. The molecular formula is C18H22N2O3. The first-order valence-electron chi connectivity index (χ1n) is 7.56. The number of nitrogens with one attached hydrogen (secondary N) is 1. The van der Waals surface area contributed by atoms with E-state index in [1.165, 1.54) is 0 Å². The van der Waals surface area contributed by atoms with Crippen molar-refractivity contribution in [1.82, 2.24) is 0 Å². The first-order valence-corrected chi connectivity index (χ1v) is 7.56. The molecule has 0 bridgehead atoms. The van der Waals surface area contributed by atoms with Crippen LogP contribution in [0.2, 0.25) is 0 Å². The quantitative estimate of drug-likeness (QED) is 0.699. The van der Waals surface area contributed by atoms with Crippen LogP contribution in [-0.2, 0) is 11.4 Å². The van der Waals surface area contributed by atoms with Crippen LogP contribution in [0.1, 0.15) is 30.5 Å². The molecule has 2 rings (SSSR count). The van der Waals surface area contributed by atoms with E-state index in [9.17, 15) is 9.90 Å². The minimum absolute atomic E-state index is 0.0212. The van der Waals surface area contributed by atoms with Gasteiger partial charge in [-0.15, -0.1) is 0 Å². The lowest BCUT2D eigenvalue weighted by molar-refractivity contribution is -0.118. The summed E-state index contributed by atoms with van der Waals surface area (Å²) in [5.74, 6) is 0.295. The van der Waals surface area contributed by atoms with Crippen molar-refractivity contribution in [2.45, 2.75) is 26.0 Å². The first kappa shape index (κ1) is 16.8. The highest BCUT2D eigenvalue weighted by molar-refractivity contribution is 5.73. The average molecular weight is 314 g/mol. The third-order valence-electron chi connectivity index (χ3n) is 3.50. The van der Waals surface area contributed by atoms with Crippen LogP contribution < -0.4 is 15.8 Å². The van der Waals surface area contributed by atoms with E-state index in [1.54, 1.807) is 0 Å². The predicted octanol–water partition coefficient (Wildman–Crippen LogP) is 2.61. The Morgan fingerprint density at radius 3 is 2.78 bits per heavy atom. The van der Waals surface area contributed by atoms with Crippen LogP contribution in [-0.4, -0.2) is 17.6 Å². The zero-order valence-electron chi connectivity index (χ0n) is 13.2. The Kier molecular flexibility index (Phi) is 6.00. The molecule has 0 saturated carbocycles. The summed E-state index contributed by atoms with van der Waals surface area (Å²) >= 11 is 0. The smallest absolute Gasteiger partial charge is 0.220 e. The fourth-order valence-electron chi connectivity index (χ4n) is 2.25. The van der Waals surface area contributed by atoms with Crippen LogP contribution in [0.3, 0.4) is 0 Å². The van der Waals surface area contributed by atoms with Gasteiger partial charge in [0, 0.05) is 6.04 Å². The van der Waals surface area contributed by atoms with Gasteiger partial charge in [0.25, 0.3) is 0 Å². The maximum atomic E-state index is 10.8. The molecule has 5 nitrogen and oxygen atoms in total. The van der Waals surface area contributed by atoms with Crippen molar-refractivity contribution < 1.29 is 14.6 Å². The number of carbonyl (C=O) groups is 1. The number of para-hydroxylation sites is 2. The van der Waals surface area contributed by atoms with Gasteiger partial charge in [0.2, 0.25) is 5.91 Å². The van der Waals surface area contributed by atoms with Crippen LogP contribution in [0.4, 0.5) is 5.69 Å². The van der Waals surface area contributed by atoms with Gasteiger partial charge < -0.3 is 20.9 Å². The first-order chi connectivity index (χ1) is 11.1. The number of benzene rings is 2. The molecule has 0 aromatic heterocycles. The number of aliphatic hydroxyl groups excluding tert-OH is 1. The van der Waals surface area contributed by atoms with Gasteiger partial charge in [-0.25, -0.2) is 0 Å². The Bertz CT molecular complexity index is 658. The van der Waals surface area contributed by atoms with E-state index in [0.29, 0.717) is 5.75 Å². The summed E-state index contributed by atoms with van der Waals surface area (Å²) in [5, 5.41) is 12.6. The second-order valence-electron chi connectivity index (χ2n) is 5.33. The van der Waals surface area contributed by atoms with E-state index < -0.39 is 0 Å². The Labute approximate surface area is 136 Å². The fraction of sp³-hybridized carbons (Fsp3) is 0.278. The summed E-state index contributed by atoms with van der Waals surface area (Å²) in [7, 11) is 0. The molecule has 2 aromatic rings. The SMILES string of the molecule is CC(Nc1ccccc1OCCC(N)=O)c1cccc(CO)c1. The Balaban J connectivity index is 2.07. The minimum Gasteiger partial charge on any atom is -0.491 e. The van der Waals surface area contributed by atoms with Crippen molar-refractivity contribution in [3.8, 4) is 5.75 Å². The highest BCUT2D eigenvalue weighted by Crippen LogP contribution is 2.28. The van der Waals surface area contributed by atoms with E-state index in [4.69, 9.17) is 10.5 Å². The lowest BCUT2D eigenvalue weighted by atomic mass is 10.1. The number of primary amides is 1. The summed E-state index contributed by atoms with van der Waals surface area (Å²) in [4.78, 5) is 10.8. The third-order valence-corrected chi connectivity index (χ3v) is 3.50. The van der Waals surface area contributed by atoms with Crippen molar-refractivity contribution in [3.63, 3.8) is 0 Å². The molecule has 0 aliphatic carbocycles. The molecule has 1 amide bonds. The van der Waals surface area contributed by atoms with Gasteiger partial charge in [-0.3, -0.25) is 4.79 Å². The van der Waals surface area contributed by atoms with Gasteiger partial charge in [0.15, 0.2) is 0 Å². The molecule has 0 fully saturated rings. The highest BCUT2D eigenvalue weighted by atomic mass is 16.5. The van der Waals surface area contributed by atoms with Gasteiger partial charge in [0.1, 0.15) is 5.75 Å². The fourth-order valence-corrected chi connectivity index (χ4v) is 2.25. The van der Waals surface area contributed by atoms with E-state index in [1.807, 2.05) is 55.5 Å². The number of anilines is 1. The molecule has 1 atom stereocenters. The number of ether oxygens (including phenoxy) is 1. The maximum Gasteiger partial charge on any atom is 0.220 e. The van der Waals surface area contributed by atoms with Gasteiger partial charge in [-0.1, -0.05) is 36.4 Å². The normalized spacial score (nSPS) is 11.7. The van der Waals surface area contributed by atoms with Crippen molar-refractivity contribution in [1.29, 1.82) is 0 Å². The third kappa shape index (κ3) is 5.00. The predicted molar refractivity (Wildman–Crippen MR) is 90.2 cm³/mol. The van der Waals surface area contributed by atoms with Gasteiger partial charge in [0.05, 0.1) is 25.3 Å². The molecule has 0 spiro atoms. The lowest BCUT2D eigenvalue weighted by Gasteiger charge is -2.19. The van der Waals surface area contributed by atoms with Crippen LogP contribution in [0.15, 0.2) is 48.5 Å². The van der Waals surface area contributed by atoms with Crippen LogP contribution >= 0.6 is 0 Å². The summed E-state index contributed by atoms with van der Waals surface area (Å²) in [6.07, 6.45) is 0.183. The van der Waals surface area contributed by atoms with Crippen molar-refractivity contribution in [2.75, 3.05) is 11.9 Å². The molecule has 2 aromatic carbocycles. The zero-order valence-corrected chi connectivity index (χ0v) is 13.2. The Morgan fingerprint density at radius 2 is 2.04 bits per heavy atom. The van der Waals surface area contributed by atoms with Crippen LogP contribution in [0.25, 0.3) is 0 Å². The summed E-state index contributed by atoms with van der Waals surface area (Å²) in [5.41, 5.74) is 7.92. The number of rotatable bonds is 8. The summed E-state index contributed by atoms with van der Waals surface area (Å²) in [6.45, 7) is 2.31. The van der Waals surface area contributed by atoms with Crippen molar-refractivity contribution in [3.05, 3.63) is 59.7 Å². The monoisotopic (exact) mass is 314 g/mol. The number of nitrogens with two attached hydrogens (primary N) is 1. The Morgan fingerprint density at radius 1 is 1.26 bits per heavy atom. The molecule has 23 heavy (non-hydrogen) atoms. The molecular weight excluding hydrogens is 292 g/mol. The number of carbonyl (C=O) groups excluding carboxylic acids is 1. The van der Waals surface area contributed by atoms with Crippen LogP contribution in [0, 0.1) is 0 Å². The van der Waals surface area contributed by atoms with Gasteiger partial charge >= 0.3 is 0 Å². The maximum absolute atomic E-state index is 10.8. The average Bonchev–Trinajstić information content (AvgIpc) is 2.56. The van der Waals surface area contributed by atoms with E-state index in [2.05, 4.69) is 5.32 Å². The van der Waals surface area contributed by atoms with E-state index >= 15 is 0 Å². The van der Waals surface area contributed by atoms with Gasteiger partial charge in [-0.05, 0) is 30.2 Å². The standard InChI is InChI=1S/C18H22N2O3/c1-13(15-6-4-5-14(11-15)12-21)20-16-7-2-3-8-17(16)23-10-9-18(19)22/h2-8,11,13,20-21H,9-10,12H2,1H3,(H2,19,22). The molecule has 4 N–H and O–H groups in total. The molecule has 122 valence electrons. The van der Waals surface area contributed by atoms with Gasteiger partial charge in [-0.2, -0.15) is 0 Å².